The van der Waals surface area contributed by atoms with Gasteiger partial charge in [-0.15, -0.1) is 0 Å². The molecule has 3 rings (SSSR count). The number of amides is 4. The van der Waals surface area contributed by atoms with Crippen LogP contribution >= 0.6 is 0 Å². The van der Waals surface area contributed by atoms with Gasteiger partial charge in [-0.3, -0.25) is 9.59 Å². The Bertz CT molecular complexity index is 1280. The van der Waals surface area contributed by atoms with Crippen LogP contribution in [0, 0.1) is 6.92 Å². The molecule has 1 aliphatic rings. The van der Waals surface area contributed by atoms with Crippen molar-refractivity contribution in [3.05, 3.63) is 70.3 Å². The molecule has 1 aliphatic heterocycles. The highest BCUT2D eigenvalue weighted by atomic mass is 16.5. The average Bonchev–Trinajstić information content (AvgIpc) is 2.97. The number of hydrogen-bond acceptors (Lipinski definition) is 7. The lowest BCUT2D eigenvalue weighted by Crippen LogP contribution is -2.55. The highest BCUT2D eigenvalue weighted by Gasteiger charge is 2.38. The van der Waals surface area contributed by atoms with Crippen molar-refractivity contribution in [3.8, 4) is 0 Å². The van der Waals surface area contributed by atoms with Crippen LogP contribution in [0.4, 0.5) is 4.79 Å². The van der Waals surface area contributed by atoms with Crippen LogP contribution in [-0.2, 0) is 27.2 Å². The van der Waals surface area contributed by atoms with Crippen LogP contribution in [0.15, 0.2) is 42.5 Å². The second kappa shape index (κ2) is 15.5. The number of nitrogens with zero attached hydrogens (tertiary/aromatic N) is 2. The summed E-state index contributed by atoms with van der Waals surface area (Å²) in [5.74, 6) is -0.516. The number of rotatable bonds is 12. The molecule has 4 atom stereocenters. The number of likely N-dealkylation sites (N-methyl/N-ethyl adjacent to an activating group) is 1. The van der Waals surface area contributed by atoms with Crippen molar-refractivity contribution in [2.45, 2.75) is 76.4 Å². The van der Waals surface area contributed by atoms with Crippen molar-refractivity contribution < 1.29 is 34.4 Å². The third-order valence-electron chi connectivity index (χ3n) is 7.95. The molecule has 0 unspecified atom stereocenters. The number of hydrogen-bond donors (Lipinski definition) is 5. The van der Waals surface area contributed by atoms with Gasteiger partial charge in [-0.1, -0.05) is 42.5 Å². The second-order valence-electron chi connectivity index (χ2n) is 12.4. The number of carbonyl (C=O) groups excluding carboxylic acids is 3. The maximum Gasteiger partial charge on any atom is 0.319 e. The van der Waals surface area contributed by atoms with Crippen molar-refractivity contribution in [2.24, 2.45) is 0 Å². The normalized spacial score (nSPS) is 20.1. The molecule has 0 aliphatic carbocycles. The molecular formula is C33H48N4O7. The van der Waals surface area contributed by atoms with E-state index in [4.69, 9.17) is 4.74 Å². The zero-order valence-corrected chi connectivity index (χ0v) is 26.7. The summed E-state index contributed by atoms with van der Waals surface area (Å²) in [6.07, 6.45) is -1.98. The highest BCUT2D eigenvalue weighted by molar-refractivity contribution is 5.90. The Morgan fingerprint density at radius 3 is 2.30 bits per heavy atom. The Labute approximate surface area is 260 Å². The summed E-state index contributed by atoms with van der Waals surface area (Å²) < 4.78 is 5.63. The summed E-state index contributed by atoms with van der Waals surface area (Å²) in [5, 5.41) is 35.8. The molecular weight excluding hydrogens is 564 g/mol. The highest BCUT2D eigenvalue weighted by Crippen LogP contribution is 2.31. The summed E-state index contributed by atoms with van der Waals surface area (Å²) in [7, 11) is 4.99. The fourth-order valence-corrected chi connectivity index (χ4v) is 5.12. The lowest BCUT2D eigenvalue weighted by Gasteiger charge is -2.35. The molecule has 0 bridgehead atoms. The molecule has 2 aromatic rings. The van der Waals surface area contributed by atoms with E-state index in [1.807, 2.05) is 37.3 Å². The number of carbonyl (C=O) groups is 3. The van der Waals surface area contributed by atoms with Crippen LogP contribution in [0.5, 0.6) is 0 Å². The predicted octanol–water partition coefficient (Wildman–Crippen LogP) is 1.69. The molecule has 1 fully saturated rings. The van der Waals surface area contributed by atoms with Gasteiger partial charge in [0.2, 0.25) is 11.8 Å². The molecule has 11 nitrogen and oxygen atoms in total. The quantitative estimate of drug-likeness (QED) is 0.245. The van der Waals surface area contributed by atoms with E-state index in [2.05, 4.69) is 22.8 Å². The van der Waals surface area contributed by atoms with Crippen LogP contribution in [0.3, 0.4) is 0 Å². The molecule has 0 saturated carbocycles. The van der Waals surface area contributed by atoms with Crippen molar-refractivity contribution in [1.29, 1.82) is 0 Å². The van der Waals surface area contributed by atoms with Crippen LogP contribution in [0.25, 0.3) is 0 Å². The number of ether oxygens (including phenoxy) is 1. The first-order chi connectivity index (χ1) is 20.7. The monoisotopic (exact) mass is 612 g/mol. The SMILES string of the molecule is Cc1ccc([C@@H]2OC[C@@H](O)[C@H](O)[C@H]2O)cc1Cc1ccc(CCCC(=O)NC(C)(C)C(=O)NCCN(C)C(=O)N(C)C)cc1. The fourth-order valence-electron chi connectivity index (χ4n) is 5.12. The lowest BCUT2D eigenvalue weighted by atomic mass is 9.91. The minimum Gasteiger partial charge on any atom is -0.388 e. The predicted molar refractivity (Wildman–Crippen MR) is 167 cm³/mol. The summed E-state index contributed by atoms with van der Waals surface area (Å²) in [6.45, 7) is 5.93. The van der Waals surface area contributed by atoms with Gasteiger partial charge in [0, 0.05) is 40.7 Å². The third-order valence-corrected chi connectivity index (χ3v) is 7.95. The first kappa shape index (κ1) is 35.0. The van der Waals surface area contributed by atoms with Gasteiger partial charge in [0.05, 0.1) is 6.61 Å². The molecule has 5 N–H and O–H groups in total. The summed E-state index contributed by atoms with van der Waals surface area (Å²) in [5.41, 5.74) is 4.05. The minimum absolute atomic E-state index is 0.0398. The van der Waals surface area contributed by atoms with E-state index < -0.39 is 30.0 Å². The Balaban J connectivity index is 1.45. The Morgan fingerprint density at radius 1 is 0.977 bits per heavy atom. The van der Waals surface area contributed by atoms with E-state index in [1.165, 1.54) is 9.80 Å². The van der Waals surface area contributed by atoms with Crippen LogP contribution in [-0.4, -0.2) is 108 Å². The van der Waals surface area contributed by atoms with Gasteiger partial charge in [0.25, 0.3) is 0 Å². The maximum absolute atomic E-state index is 12.6. The smallest absolute Gasteiger partial charge is 0.319 e. The molecule has 11 heteroatoms. The lowest BCUT2D eigenvalue weighted by molar-refractivity contribution is -0.189. The van der Waals surface area contributed by atoms with Crippen molar-refractivity contribution in [3.63, 3.8) is 0 Å². The summed E-state index contributed by atoms with van der Waals surface area (Å²) in [4.78, 5) is 40.1. The molecule has 4 amide bonds. The van der Waals surface area contributed by atoms with Crippen molar-refractivity contribution in [1.82, 2.24) is 20.4 Å². The van der Waals surface area contributed by atoms with E-state index in [1.54, 1.807) is 35.0 Å². The molecule has 44 heavy (non-hydrogen) atoms. The Kier molecular flexibility index (Phi) is 12.3. The van der Waals surface area contributed by atoms with Gasteiger partial charge >= 0.3 is 6.03 Å². The van der Waals surface area contributed by atoms with Gasteiger partial charge in [-0.05, 0) is 67.9 Å². The zero-order chi connectivity index (χ0) is 32.6. The molecule has 242 valence electrons. The first-order valence-electron chi connectivity index (χ1n) is 15.0. The molecule has 1 saturated heterocycles. The molecule has 1 heterocycles. The summed E-state index contributed by atoms with van der Waals surface area (Å²) in [6, 6.07) is 13.9. The largest absolute Gasteiger partial charge is 0.388 e. The van der Waals surface area contributed by atoms with Crippen LogP contribution < -0.4 is 10.6 Å². The number of benzene rings is 2. The van der Waals surface area contributed by atoms with E-state index in [0.717, 1.165) is 27.8 Å². The van der Waals surface area contributed by atoms with E-state index in [-0.39, 0.29) is 37.4 Å². The van der Waals surface area contributed by atoms with Crippen molar-refractivity contribution >= 4 is 17.8 Å². The topological polar surface area (TPSA) is 152 Å². The number of aliphatic hydroxyl groups is 3. The van der Waals surface area contributed by atoms with Crippen LogP contribution in [0.1, 0.15) is 60.6 Å². The fraction of sp³-hybridized carbons (Fsp3) is 0.545. The van der Waals surface area contributed by atoms with E-state index in [0.29, 0.717) is 25.8 Å². The Morgan fingerprint density at radius 2 is 1.64 bits per heavy atom. The number of aliphatic hydroxyl groups excluding tert-OH is 3. The van der Waals surface area contributed by atoms with E-state index >= 15 is 0 Å². The third kappa shape index (κ3) is 9.49. The van der Waals surface area contributed by atoms with E-state index in [9.17, 15) is 29.7 Å². The number of aryl methyl sites for hydroxylation is 2. The molecule has 2 aromatic carbocycles. The summed E-state index contributed by atoms with van der Waals surface area (Å²) >= 11 is 0. The van der Waals surface area contributed by atoms with Crippen LogP contribution in [0.2, 0.25) is 0 Å². The first-order valence-corrected chi connectivity index (χ1v) is 15.0. The van der Waals surface area contributed by atoms with Gasteiger partial charge < -0.3 is 40.5 Å². The maximum atomic E-state index is 12.6. The molecule has 0 aromatic heterocycles. The average molecular weight is 613 g/mol. The van der Waals surface area contributed by atoms with Gasteiger partial charge in [-0.25, -0.2) is 4.79 Å². The van der Waals surface area contributed by atoms with Gasteiger partial charge in [0.1, 0.15) is 30.0 Å². The molecule has 0 radical (unpaired) electrons. The zero-order valence-electron chi connectivity index (χ0n) is 26.7. The second-order valence-corrected chi connectivity index (χ2v) is 12.4. The Hall–Kier alpha value is -3.51. The molecule has 0 spiro atoms. The number of nitrogens with one attached hydrogen (secondary N) is 2. The van der Waals surface area contributed by atoms with Gasteiger partial charge in [0.15, 0.2) is 0 Å². The minimum atomic E-state index is -1.26. The standard InChI is InChI=1S/C33H48N4O7/c1-21-10-15-24(30-29(41)28(40)26(38)20-44-30)19-25(21)18-23-13-11-22(12-14-23)8-7-9-27(39)35-33(2,3)31(42)34-16-17-37(6)32(43)36(4)5/h10-15,19,26,28-30,38,40-41H,7-9,16-18,20H2,1-6H3,(H,34,42)(H,35,39)/t26-,28+,29-,30+/m1/s1. The van der Waals surface area contributed by atoms with Gasteiger partial charge in [-0.2, -0.15) is 0 Å². The van der Waals surface area contributed by atoms with Crippen molar-refractivity contribution in [2.75, 3.05) is 40.8 Å². The number of urea groups is 1.